The van der Waals surface area contributed by atoms with Crippen molar-refractivity contribution in [2.75, 3.05) is 13.2 Å². The van der Waals surface area contributed by atoms with Crippen molar-refractivity contribution in [3.63, 3.8) is 0 Å². The lowest BCUT2D eigenvalue weighted by Crippen LogP contribution is -2.09. The Labute approximate surface area is 86.1 Å². The Balaban J connectivity index is 2.75. The molecule has 0 aliphatic heterocycles. The Morgan fingerprint density at radius 1 is 1.14 bits per heavy atom. The molecular formula is C12H19NO. The second-order valence-electron chi connectivity index (χ2n) is 3.72. The average molecular weight is 193 g/mol. The van der Waals surface area contributed by atoms with Gasteiger partial charge in [0.2, 0.25) is 0 Å². The van der Waals surface area contributed by atoms with Gasteiger partial charge < -0.3 is 10.5 Å². The van der Waals surface area contributed by atoms with E-state index in [0.29, 0.717) is 19.8 Å². The molecule has 0 radical (unpaired) electrons. The largest absolute Gasteiger partial charge is 0.375 e. The lowest BCUT2D eigenvalue weighted by molar-refractivity contribution is 0.127. The summed E-state index contributed by atoms with van der Waals surface area (Å²) in [4.78, 5) is 0. The van der Waals surface area contributed by atoms with Crippen molar-refractivity contribution >= 4 is 0 Å². The first-order valence-corrected chi connectivity index (χ1v) is 4.99. The van der Waals surface area contributed by atoms with Crippen LogP contribution in [0.15, 0.2) is 12.1 Å². The molecule has 2 nitrogen and oxygen atoms in total. The molecule has 78 valence electrons. The van der Waals surface area contributed by atoms with Gasteiger partial charge in [0.1, 0.15) is 0 Å². The van der Waals surface area contributed by atoms with Crippen LogP contribution in [-0.2, 0) is 11.3 Å². The van der Waals surface area contributed by atoms with E-state index >= 15 is 0 Å². The fourth-order valence-electron chi connectivity index (χ4n) is 1.70. The van der Waals surface area contributed by atoms with Crippen molar-refractivity contribution < 1.29 is 4.74 Å². The van der Waals surface area contributed by atoms with Crippen LogP contribution in [0.4, 0.5) is 0 Å². The maximum Gasteiger partial charge on any atom is 0.0722 e. The summed E-state index contributed by atoms with van der Waals surface area (Å²) in [5, 5.41) is 0. The van der Waals surface area contributed by atoms with Gasteiger partial charge in [0.05, 0.1) is 13.2 Å². The average Bonchev–Trinajstić information content (AvgIpc) is 2.09. The topological polar surface area (TPSA) is 35.2 Å². The third kappa shape index (κ3) is 2.82. The summed E-state index contributed by atoms with van der Waals surface area (Å²) in [7, 11) is 0. The molecule has 0 bridgehead atoms. The molecule has 1 aromatic rings. The summed E-state index contributed by atoms with van der Waals surface area (Å²) in [6.07, 6.45) is 0. The second-order valence-corrected chi connectivity index (χ2v) is 3.72. The van der Waals surface area contributed by atoms with Gasteiger partial charge in [-0.25, -0.2) is 0 Å². The third-order valence-electron chi connectivity index (χ3n) is 2.35. The quantitative estimate of drug-likeness (QED) is 0.743. The SMILES string of the molecule is Cc1cc(C)c(COCCN)c(C)c1. The molecule has 0 fully saturated rings. The summed E-state index contributed by atoms with van der Waals surface area (Å²) < 4.78 is 5.45. The molecule has 0 aliphatic carbocycles. The molecule has 0 heterocycles. The molecule has 2 heteroatoms. The van der Waals surface area contributed by atoms with Crippen molar-refractivity contribution in [3.8, 4) is 0 Å². The van der Waals surface area contributed by atoms with Gasteiger partial charge in [-0.1, -0.05) is 17.7 Å². The van der Waals surface area contributed by atoms with Crippen molar-refractivity contribution in [2.24, 2.45) is 5.73 Å². The van der Waals surface area contributed by atoms with Gasteiger partial charge in [-0.15, -0.1) is 0 Å². The van der Waals surface area contributed by atoms with Gasteiger partial charge in [0.15, 0.2) is 0 Å². The van der Waals surface area contributed by atoms with Gasteiger partial charge in [0.25, 0.3) is 0 Å². The molecule has 0 saturated heterocycles. The van der Waals surface area contributed by atoms with E-state index in [-0.39, 0.29) is 0 Å². The zero-order valence-corrected chi connectivity index (χ0v) is 9.26. The molecule has 0 aromatic heterocycles. The molecule has 1 rings (SSSR count). The molecule has 0 atom stereocenters. The molecule has 14 heavy (non-hydrogen) atoms. The fourth-order valence-corrected chi connectivity index (χ4v) is 1.70. The van der Waals surface area contributed by atoms with Crippen LogP contribution in [0.2, 0.25) is 0 Å². The first-order valence-electron chi connectivity index (χ1n) is 4.99. The Bertz CT molecular complexity index is 284. The summed E-state index contributed by atoms with van der Waals surface area (Å²) in [6.45, 7) is 8.26. The van der Waals surface area contributed by atoms with Crippen LogP contribution in [0, 0.1) is 20.8 Å². The standard InChI is InChI=1S/C12H19NO/c1-9-6-10(2)12(11(3)7-9)8-14-5-4-13/h6-7H,4-5,8,13H2,1-3H3. The van der Waals surface area contributed by atoms with E-state index in [0.717, 1.165) is 0 Å². The van der Waals surface area contributed by atoms with Crippen LogP contribution in [-0.4, -0.2) is 13.2 Å². The van der Waals surface area contributed by atoms with Crippen molar-refractivity contribution in [3.05, 3.63) is 34.4 Å². The number of ether oxygens (including phenoxy) is 1. The summed E-state index contributed by atoms with van der Waals surface area (Å²) in [5.41, 5.74) is 10.6. The van der Waals surface area contributed by atoms with E-state index in [1.54, 1.807) is 0 Å². The van der Waals surface area contributed by atoms with Crippen LogP contribution < -0.4 is 5.73 Å². The number of nitrogens with two attached hydrogens (primary N) is 1. The Kier molecular flexibility index (Phi) is 4.11. The highest BCUT2D eigenvalue weighted by atomic mass is 16.5. The maximum atomic E-state index is 5.45. The zero-order chi connectivity index (χ0) is 10.6. The van der Waals surface area contributed by atoms with Crippen molar-refractivity contribution in [2.45, 2.75) is 27.4 Å². The van der Waals surface area contributed by atoms with E-state index < -0.39 is 0 Å². The zero-order valence-electron chi connectivity index (χ0n) is 9.26. The molecule has 0 saturated carbocycles. The third-order valence-corrected chi connectivity index (χ3v) is 2.35. The van der Waals surface area contributed by atoms with E-state index in [1.165, 1.54) is 22.3 Å². The highest BCUT2D eigenvalue weighted by Gasteiger charge is 2.03. The van der Waals surface area contributed by atoms with E-state index in [1.807, 2.05) is 0 Å². The summed E-state index contributed by atoms with van der Waals surface area (Å²) >= 11 is 0. The minimum Gasteiger partial charge on any atom is -0.375 e. The van der Waals surface area contributed by atoms with Crippen LogP contribution >= 0.6 is 0 Å². The number of benzene rings is 1. The van der Waals surface area contributed by atoms with E-state index in [2.05, 4.69) is 32.9 Å². The van der Waals surface area contributed by atoms with E-state index in [4.69, 9.17) is 10.5 Å². The molecule has 2 N–H and O–H groups in total. The molecular weight excluding hydrogens is 174 g/mol. The van der Waals surface area contributed by atoms with Crippen LogP contribution in [0.5, 0.6) is 0 Å². The van der Waals surface area contributed by atoms with Crippen LogP contribution in [0.25, 0.3) is 0 Å². The second kappa shape index (κ2) is 5.13. The lowest BCUT2D eigenvalue weighted by atomic mass is 10.0. The maximum absolute atomic E-state index is 5.45. The lowest BCUT2D eigenvalue weighted by Gasteiger charge is -2.11. The van der Waals surface area contributed by atoms with E-state index in [9.17, 15) is 0 Å². The van der Waals surface area contributed by atoms with Gasteiger partial charge in [-0.3, -0.25) is 0 Å². The molecule has 0 spiro atoms. The fraction of sp³-hybridized carbons (Fsp3) is 0.500. The number of aryl methyl sites for hydroxylation is 3. The van der Waals surface area contributed by atoms with Gasteiger partial charge in [-0.2, -0.15) is 0 Å². The number of hydrogen-bond donors (Lipinski definition) is 1. The Morgan fingerprint density at radius 2 is 1.71 bits per heavy atom. The van der Waals surface area contributed by atoms with Crippen molar-refractivity contribution in [1.29, 1.82) is 0 Å². The Hall–Kier alpha value is -0.860. The minimum absolute atomic E-state index is 0.587. The van der Waals surface area contributed by atoms with Crippen LogP contribution in [0.3, 0.4) is 0 Å². The monoisotopic (exact) mass is 193 g/mol. The minimum atomic E-state index is 0.587. The van der Waals surface area contributed by atoms with Gasteiger partial charge >= 0.3 is 0 Å². The highest BCUT2D eigenvalue weighted by molar-refractivity contribution is 5.36. The first-order chi connectivity index (χ1) is 6.65. The van der Waals surface area contributed by atoms with Gasteiger partial charge in [0, 0.05) is 6.54 Å². The summed E-state index contributed by atoms with van der Waals surface area (Å²) in [6, 6.07) is 4.38. The first kappa shape index (κ1) is 11.2. The van der Waals surface area contributed by atoms with Gasteiger partial charge in [-0.05, 0) is 37.5 Å². The number of hydrogen-bond acceptors (Lipinski definition) is 2. The predicted molar refractivity (Wildman–Crippen MR) is 59.4 cm³/mol. The van der Waals surface area contributed by atoms with Crippen LogP contribution in [0.1, 0.15) is 22.3 Å². The summed E-state index contributed by atoms with van der Waals surface area (Å²) in [5.74, 6) is 0. The Morgan fingerprint density at radius 3 is 2.21 bits per heavy atom. The normalized spacial score (nSPS) is 10.6. The highest BCUT2D eigenvalue weighted by Crippen LogP contribution is 2.16. The molecule has 0 amide bonds. The molecule has 0 aliphatic rings. The molecule has 1 aromatic carbocycles. The smallest absolute Gasteiger partial charge is 0.0722 e. The van der Waals surface area contributed by atoms with Crippen molar-refractivity contribution in [1.82, 2.24) is 0 Å². The predicted octanol–water partition coefficient (Wildman–Crippen LogP) is 2.09. The molecule has 0 unspecified atom stereocenters. The number of rotatable bonds is 4.